The molecule has 2 aliphatic carbocycles. The lowest BCUT2D eigenvalue weighted by Gasteiger charge is -2.42. The first kappa shape index (κ1) is 35.7. The molecule has 1 heterocycles. The number of aliphatic imine (C=N–C) groups is 1. The fourth-order valence-electron chi connectivity index (χ4n) is 7.09. The van der Waals surface area contributed by atoms with E-state index in [0.717, 1.165) is 89.0 Å². The number of rotatable bonds is 13. The second-order valence-electron chi connectivity index (χ2n) is 13.3. The van der Waals surface area contributed by atoms with Crippen LogP contribution in [0.5, 0.6) is 0 Å². The first-order valence-electron chi connectivity index (χ1n) is 16.5. The summed E-state index contributed by atoms with van der Waals surface area (Å²) < 4.78 is 64.1. The third kappa shape index (κ3) is 7.83. The zero-order chi connectivity index (χ0) is 34.9. The van der Waals surface area contributed by atoms with Crippen LogP contribution in [-0.2, 0) is 32.1 Å². The number of nitrogens with zero attached hydrogens (tertiary/aromatic N) is 2. The van der Waals surface area contributed by atoms with Crippen LogP contribution >= 0.6 is 0 Å². The molecule has 0 saturated heterocycles. The van der Waals surface area contributed by atoms with Crippen molar-refractivity contribution in [1.82, 2.24) is 0 Å². The average Bonchev–Trinajstić information content (AvgIpc) is 3.01. The Bertz CT molecular complexity index is 1950. The minimum absolute atomic E-state index is 0.179. The van der Waals surface area contributed by atoms with Gasteiger partial charge < -0.3 is 10.0 Å². The van der Waals surface area contributed by atoms with E-state index in [1.54, 1.807) is 12.1 Å². The van der Waals surface area contributed by atoms with Gasteiger partial charge in [-0.25, -0.2) is 4.79 Å². The number of carboxylic acid groups (broad SMARTS) is 1. The predicted molar refractivity (Wildman–Crippen MR) is 189 cm³/mol. The average molecular weight is 697 g/mol. The maximum Gasteiger partial charge on any atom is 0.336 e. The number of hydrogen-bond donors (Lipinski definition) is 3. The van der Waals surface area contributed by atoms with Crippen LogP contribution in [0.4, 0.5) is 5.69 Å². The normalized spacial score (nSPS) is 18.2. The van der Waals surface area contributed by atoms with Gasteiger partial charge in [-0.3, -0.25) is 14.1 Å². The summed E-state index contributed by atoms with van der Waals surface area (Å²) in [6, 6.07) is 11.4. The third-order valence-electron chi connectivity index (χ3n) is 9.44. The molecule has 0 unspecified atom stereocenters. The summed E-state index contributed by atoms with van der Waals surface area (Å²) in [5.41, 5.74) is 8.81. The second-order valence-corrected chi connectivity index (χ2v) is 16.4. The summed E-state index contributed by atoms with van der Waals surface area (Å²) >= 11 is 0. The Morgan fingerprint density at radius 2 is 1.67 bits per heavy atom. The Balaban J connectivity index is 1.73. The van der Waals surface area contributed by atoms with Gasteiger partial charge in [-0.1, -0.05) is 45.4 Å². The summed E-state index contributed by atoms with van der Waals surface area (Å²) in [4.78, 5) is 19.6. The summed E-state index contributed by atoms with van der Waals surface area (Å²) in [5.74, 6) is -1.71. The third-order valence-corrected chi connectivity index (χ3v) is 11.0. The van der Waals surface area contributed by atoms with E-state index < -0.39 is 31.6 Å². The van der Waals surface area contributed by atoms with Crippen molar-refractivity contribution in [2.24, 2.45) is 4.99 Å². The van der Waals surface area contributed by atoms with Crippen molar-refractivity contribution in [1.29, 1.82) is 0 Å². The fraction of sp³-hybridized carbons (Fsp3) is 0.444. The van der Waals surface area contributed by atoms with E-state index in [2.05, 4.69) is 50.0 Å². The number of benzene rings is 2. The summed E-state index contributed by atoms with van der Waals surface area (Å²) in [6.07, 6.45) is 8.96. The van der Waals surface area contributed by atoms with E-state index in [9.17, 15) is 35.8 Å². The molecule has 0 aromatic heterocycles. The molecule has 0 saturated carbocycles. The number of unbranched alkanes of at least 4 members (excludes halogenated alkanes) is 1. The number of aryl methyl sites for hydroxylation is 1. The summed E-state index contributed by atoms with van der Waals surface area (Å²) in [6.45, 7) is 7.82. The molecular formula is C36H44N2O8S2. The van der Waals surface area contributed by atoms with Crippen LogP contribution in [0.1, 0.15) is 91.9 Å². The van der Waals surface area contributed by atoms with Gasteiger partial charge in [0.15, 0.2) is 0 Å². The summed E-state index contributed by atoms with van der Waals surface area (Å²) in [7, 11) is -8.18. The molecule has 0 fully saturated rings. The van der Waals surface area contributed by atoms with Crippen LogP contribution in [0.25, 0.3) is 5.57 Å². The zero-order valence-corrected chi connectivity index (χ0v) is 29.3. The lowest BCUT2D eigenvalue weighted by Crippen LogP contribution is -2.34. The van der Waals surface area contributed by atoms with E-state index in [4.69, 9.17) is 4.99 Å². The molecule has 48 heavy (non-hydrogen) atoms. The predicted octanol–water partition coefficient (Wildman–Crippen LogP) is 6.28. The lowest BCUT2D eigenvalue weighted by molar-refractivity contribution is 0.0696. The maximum atomic E-state index is 12.6. The number of allylic oxidation sites excluding steroid dienone is 5. The van der Waals surface area contributed by atoms with Gasteiger partial charge in [0, 0.05) is 30.7 Å². The number of aromatic carboxylic acids is 1. The van der Waals surface area contributed by atoms with Crippen molar-refractivity contribution in [3.63, 3.8) is 0 Å². The van der Waals surface area contributed by atoms with E-state index in [0.29, 0.717) is 12.1 Å². The minimum Gasteiger partial charge on any atom is -0.478 e. The molecule has 0 atom stereocenters. The molecule has 0 bridgehead atoms. The molecule has 10 nitrogen and oxygen atoms in total. The van der Waals surface area contributed by atoms with Crippen LogP contribution in [0.3, 0.4) is 0 Å². The van der Waals surface area contributed by atoms with E-state index in [1.165, 1.54) is 0 Å². The van der Waals surface area contributed by atoms with Crippen molar-refractivity contribution >= 4 is 43.2 Å². The first-order chi connectivity index (χ1) is 22.6. The van der Waals surface area contributed by atoms with Crippen LogP contribution in [0.2, 0.25) is 0 Å². The Hall–Kier alpha value is -3.58. The molecule has 0 spiro atoms. The highest BCUT2D eigenvalue weighted by molar-refractivity contribution is 7.86. The molecule has 5 rings (SSSR count). The fourth-order valence-corrected chi connectivity index (χ4v) is 8.08. The SMILES string of the molecule is CCCCC1=CC2=C(c3ccccc3C(=O)O)c3cc4c(cc3C(C)(C)C2=C/C1=N\CCCS(=O)(=O)O)N(CCCS(=O)(=O)O)CCC4. The van der Waals surface area contributed by atoms with Gasteiger partial charge in [-0.05, 0) is 113 Å². The monoisotopic (exact) mass is 696 g/mol. The molecule has 3 N–H and O–H groups in total. The number of fused-ring (bicyclic) bond motifs is 3. The van der Waals surface area contributed by atoms with Crippen molar-refractivity contribution in [3.05, 3.63) is 93.1 Å². The molecule has 3 aliphatic rings. The van der Waals surface area contributed by atoms with Crippen molar-refractivity contribution in [3.8, 4) is 0 Å². The highest BCUT2D eigenvalue weighted by Crippen LogP contribution is 2.53. The van der Waals surface area contributed by atoms with Crippen molar-refractivity contribution < 1.29 is 35.8 Å². The van der Waals surface area contributed by atoms with Gasteiger partial charge in [0.2, 0.25) is 0 Å². The van der Waals surface area contributed by atoms with Crippen LogP contribution in [-0.4, -0.2) is 73.9 Å². The summed E-state index contributed by atoms with van der Waals surface area (Å²) in [5, 5.41) is 10.3. The number of carbonyl (C=O) groups is 1. The minimum atomic E-state index is -4.10. The number of anilines is 1. The molecule has 258 valence electrons. The van der Waals surface area contributed by atoms with Gasteiger partial charge in [-0.2, -0.15) is 16.8 Å². The largest absolute Gasteiger partial charge is 0.478 e. The standard InChI is InChI=1S/C36H44N2O8S2/c1-4-5-11-24-20-28-30(22-32(24)37-15-9-18-47(41,42)43)36(2,3)31-23-33-25(12-8-16-38(33)17-10-19-48(44,45)46)21-29(31)34(28)26-13-6-7-14-27(26)35(39)40/h6-7,13-14,20-23H,4-5,8-12,15-19H2,1-3H3,(H,39,40)(H,41,42,43)(H,44,45,46)/b37-32+. The number of hydrogen-bond acceptors (Lipinski definition) is 7. The van der Waals surface area contributed by atoms with Crippen molar-refractivity contribution in [2.45, 2.75) is 71.1 Å². The molecule has 1 aliphatic heterocycles. The van der Waals surface area contributed by atoms with E-state index in [-0.39, 0.29) is 36.5 Å². The van der Waals surface area contributed by atoms with Crippen LogP contribution < -0.4 is 4.90 Å². The van der Waals surface area contributed by atoms with Gasteiger partial charge in [0.1, 0.15) is 0 Å². The molecule has 0 amide bonds. The van der Waals surface area contributed by atoms with Crippen LogP contribution in [0, 0.1) is 0 Å². The Labute approximate surface area is 283 Å². The maximum absolute atomic E-state index is 12.6. The Morgan fingerprint density at radius 1 is 0.958 bits per heavy atom. The molecule has 12 heteroatoms. The lowest BCUT2D eigenvalue weighted by atomic mass is 9.63. The Kier molecular flexibility index (Phi) is 10.5. The first-order valence-corrected chi connectivity index (χ1v) is 19.7. The molecule has 2 aromatic rings. The van der Waals surface area contributed by atoms with E-state index >= 15 is 0 Å². The van der Waals surface area contributed by atoms with Crippen LogP contribution in [0.15, 0.2) is 70.3 Å². The number of carboxylic acids is 1. The van der Waals surface area contributed by atoms with Gasteiger partial charge in [-0.15, -0.1) is 0 Å². The molecule has 2 aromatic carbocycles. The topological polar surface area (TPSA) is 162 Å². The highest BCUT2D eigenvalue weighted by atomic mass is 32.2. The quantitative estimate of drug-likeness (QED) is 0.162. The molecule has 0 radical (unpaired) electrons. The zero-order valence-electron chi connectivity index (χ0n) is 27.7. The molecular weight excluding hydrogens is 653 g/mol. The van der Waals surface area contributed by atoms with Crippen molar-refractivity contribution in [2.75, 3.05) is 36.0 Å². The van der Waals surface area contributed by atoms with Gasteiger partial charge in [0.25, 0.3) is 20.2 Å². The van der Waals surface area contributed by atoms with Gasteiger partial charge >= 0.3 is 5.97 Å². The second kappa shape index (κ2) is 14.1. The highest BCUT2D eigenvalue weighted by Gasteiger charge is 2.40. The van der Waals surface area contributed by atoms with E-state index in [1.807, 2.05) is 12.1 Å². The Morgan fingerprint density at radius 3 is 2.35 bits per heavy atom. The van der Waals surface area contributed by atoms with Gasteiger partial charge in [0.05, 0.1) is 22.8 Å². The smallest absolute Gasteiger partial charge is 0.336 e.